The van der Waals surface area contributed by atoms with Gasteiger partial charge in [-0.2, -0.15) is 0 Å². The van der Waals surface area contributed by atoms with Gasteiger partial charge < -0.3 is 25.2 Å². The first-order chi connectivity index (χ1) is 16.5. The van der Waals surface area contributed by atoms with E-state index in [1.54, 1.807) is 7.11 Å². The second-order valence-corrected chi connectivity index (χ2v) is 9.96. The molecule has 2 aliphatic carbocycles. The van der Waals surface area contributed by atoms with Crippen LogP contribution in [0.2, 0.25) is 0 Å². The van der Waals surface area contributed by atoms with Gasteiger partial charge in [-0.25, -0.2) is 4.98 Å². The summed E-state index contributed by atoms with van der Waals surface area (Å²) in [4.78, 5) is 36.1. The van der Waals surface area contributed by atoms with Crippen molar-refractivity contribution in [1.29, 1.82) is 0 Å². The minimum Gasteiger partial charge on any atom is -0.396 e. The van der Waals surface area contributed by atoms with Gasteiger partial charge >= 0.3 is 0 Å². The molecule has 0 aromatic carbocycles. The molecule has 8 nitrogen and oxygen atoms in total. The number of amides is 2. The number of carbonyl (C=O) groups excluding carboxylic acids is 2. The SMILES string of the molecule is C=CC(=O)N1CCC=C(c2cc(N)c(N3CCN(C(=O)COC)[C@H](C4CC4)C3)nc2C2CC2)C1. The first kappa shape index (κ1) is 22.9. The molecule has 2 aliphatic heterocycles. The number of hydrogen-bond acceptors (Lipinski definition) is 6. The summed E-state index contributed by atoms with van der Waals surface area (Å²) in [5, 5.41) is 0. The number of anilines is 2. The fourth-order valence-corrected chi connectivity index (χ4v) is 5.37. The van der Waals surface area contributed by atoms with Gasteiger partial charge in [-0.15, -0.1) is 0 Å². The Labute approximate surface area is 201 Å². The van der Waals surface area contributed by atoms with E-state index < -0.39 is 0 Å². The molecular formula is C26H35N5O3. The number of rotatable bonds is 7. The monoisotopic (exact) mass is 465 g/mol. The van der Waals surface area contributed by atoms with Gasteiger partial charge in [-0.1, -0.05) is 12.7 Å². The lowest BCUT2D eigenvalue weighted by atomic mass is 9.96. The predicted octanol–water partition coefficient (Wildman–Crippen LogP) is 2.42. The minimum absolute atomic E-state index is 0.0388. The number of hydrogen-bond donors (Lipinski definition) is 1. The summed E-state index contributed by atoms with van der Waals surface area (Å²) in [5.74, 6) is 1.86. The molecule has 1 saturated heterocycles. The highest BCUT2D eigenvalue weighted by Gasteiger charge is 2.41. The Kier molecular flexibility index (Phi) is 6.34. The standard InChI is InChI=1S/C26H35N5O3/c1-3-23(32)29-10-4-5-19(14-29)20-13-21(27)26(28-25(20)18-8-9-18)30-11-12-31(24(33)16-34-2)22(15-30)17-6-7-17/h3,5,13,17-18,22H,1,4,6-12,14-16,27H2,2H3/t22-/m0/s1. The molecule has 0 bridgehead atoms. The third kappa shape index (κ3) is 4.56. The van der Waals surface area contributed by atoms with Gasteiger partial charge in [-0.3, -0.25) is 9.59 Å². The van der Waals surface area contributed by atoms with E-state index in [0.29, 0.717) is 43.7 Å². The molecule has 2 N–H and O–H groups in total. The molecule has 0 radical (unpaired) electrons. The maximum absolute atomic E-state index is 12.6. The van der Waals surface area contributed by atoms with Gasteiger partial charge in [0.15, 0.2) is 5.82 Å². The van der Waals surface area contributed by atoms with Gasteiger partial charge in [0, 0.05) is 51.3 Å². The van der Waals surface area contributed by atoms with Crippen LogP contribution >= 0.6 is 0 Å². The number of pyridine rings is 1. The summed E-state index contributed by atoms with van der Waals surface area (Å²) < 4.78 is 5.11. The molecule has 3 fully saturated rings. The van der Waals surface area contributed by atoms with Gasteiger partial charge in [0.05, 0.1) is 17.4 Å². The second kappa shape index (κ2) is 9.41. The molecule has 5 rings (SSSR count). The molecule has 3 heterocycles. The minimum atomic E-state index is -0.0388. The van der Waals surface area contributed by atoms with Crippen molar-refractivity contribution >= 4 is 28.9 Å². The van der Waals surface area contributed by atoms with Gasteiger partial charge in [0.1, 0.15) is 6.61 Å². The van der Waals surface area contributed by atoms with E-state index in [1.807, 2.05) is 9.80 Å². The van der Waals surface area contributed by atoms with Gasteiger partial charge in [0.2, 0.25) is 11.8 Å². The third-order valence-electron chi connectivity index (χ3n) is 7.48. The zero-order valence-corrected chi connectivity index (χ0v) is 20.0. The Morgan fingerprint density at radius 1 is 1.24 bits per heavy atom. The Balaban J connectivity index is 1.41. The molecule has 1 atom stereocenters. The van der Waals surface area contributed by atoms with Gasteiger partial charge in [0.25, 0.3) is 0 Å². The summed E-state index contributed by atoms with van der Waals surface area (Å²) >= 11 is 0. The Morgan fingerprint density at radius 2 is 2.03 bits per heavy atom. The first-order valence-corrected chi connectivity index (χ1v) is 12.4. The smallest absolute Gasteiger partial charge is 0.248 e. The van der Waals surface area contributed by atoms with E-state index in [2.05, 4.69) is 23.6 Å². The number of nitrogens with two attached hydrogens (primary N) is 1. The maximum atomic E-state index is 12.6. The lowest BCUT2D eigenvalue weighted by Crippen LogP contribution is -2.57. The van der Waals surface area contributed by atoms with Crippen LogP contribution in [-0.4, -0.2) is 79.1 Å². The number of nitrogen functional groups attached to an aromatic ring is 1. The van der Waals surface area contributed by atoms with Crippen LogP contribution < -0.4 is 10.6 Å². The predicted molar refractivity (Wildman–Crippen MR) is 132 cm³/mol. The molecule has 182 valence electrons. The Morgan fingerprint density at radius 3 is 2.71 bits per heavy atom. The average Bonchev–Trinajstić information content (AvgIpc) is 3.77. The zero-order valence-electron chi connectivity index (χ0n) is 20.0. The molecule has 0 unspecified atom stereocenters. The largest absolute Gasteiger partial charge is 0.396 e. The number of piperazine rings is 1. The van der Waals surface area contributed by atoms with Crippen molar-refractivity contribution in [2.75, 3.05) is 57.1 Å². The van der Waals surface area contributed by atoms with E-state index in [4.69, 9.17) is 15.5 Å². The Bertz CT molecular complexity index is 1010. The molecule has 8 heteroatoms. The first-order valence-electron chi connectivity index (χ1n) is 12.4. The quantitative estimate of drug-likeness (QED) is 0.622. The lowest BCUT2D eigenvalue weighted by Gasteiger charge is -2.42. The van der Waals surface area contributed by atoms with Crippen LogP contribution in [-0.2, 0) is 14.3 Å². The summed E-state index contributed by atoms with van der Waals surface area (Å²) in [5.41, 5.74) is 10.6. The van der Waals surface area contributed by atoms with E-state index in [-0.39, 0.29) is 24.5 Å². The molecular weight excluding hydrogens is 430 g/mol. The second-order valence-electron chi connectivity index (χ2n) is 9.96. The van der Waals surface area contributed by atoms with Crippen LogP contribution in [0.4, 0.5) is 11.5 Å². The molecule has 0 spiro atoms. The molecule has 2 amide bonds. The summed E-state index contributed by atoms with van der Waals surface area (Å²) in [6.07, 6.45) is 9.02. The van der Waals surface area contributed by atoms with Crippen molar-refractivity contribution in [2.24, 2.45) is 5.92 Å². The highest BCUT2D eigenvalue weighted by molar-refractivity contribution is 5.89. The molecule has 34 heavy (non-hydrogen) atoms. The van der Waals surface area contributed by atoms with Crippen LogP contribution in [0.5, 0.6) is 0 Å². The summed E-state index contributed by atoms with van der Waals surface area (Å²) in [6.45, 7) is 7.17. The van der Waals surface area contributed by atoms with Gasteiger partial charge in [-0.05, 0) is 55.7 Å². The molecule has 2 saturated carbocycles. The fourth-order valence-electron chi connectivity index (χ4n) is 5.37. The van der Waals surface area contributed by atoms with Crippen molar-refractivity contribution in [3.8, 4) is 0 Å². The summed E-state index contributed by atoms with van der Waals surface area (Å²) in [6, 6.07) is 2.25. The van der Waals surface area contributed by atoms with Crippen molar-refractivity contribution in [2.45, 2.75) is 44.1 Å². The van der Waals surface area contributed by atoms with E-state index >= 15 is 0 Å². The highest BCUT2D eigenvalue weighted by atomic mass is 16.5. The number of carbonyl (C=O) groups is 2. The molecule has 1 aromatic heterocycles. The highest BCUT2D eigenvalue weighted by Crippen LogP contribution is 2.45. The lowest BCUT2D eigenvalue weighted by molar-refractivity contribution is -0.138. The van der Waals surface area contributed by atoms with Crippen LogP contribution in [0.3, 0.4) is 0 Å². The van der Waals surface area contributed by atoms with Crippen molar-refractivity contribution < 1.29 is 14.3 Å². The van der Waals surface area contributed by atoms with Crippen molar-refractivity contribution in [3.05, 3.63) is 36.1 Å². The number of methoxy groups -OCH3 is 1. The molecule has 4 aliphatic rings. The average molecular weight is 466 g/mol. The Hall–Kier alpha value is -2.87. The summed E-state index contributed by atoms with van der Waals surface area (Å²) in [7, 11) is 1.57. The van der Waals surface area contributed by atoms with Crippen LogP contribution in [0.25, 0.3) is 5.57 Å². The molecule has 1 aromatic rings. The number of ether oxygens (including phenoxy) is 1. The van der Waals surface area contributed by atoms with E-state index in [9.17, 15) is 9.59 Å². The number of aromatic nitrogens is 1. The normalized spacial score (nSPS) is 23.0. The number of nitrogens with zero attached hydrogens (tertiary/aromatic N) is 4. The third-order valence-corrected chi connectivity index (χ3v) is 7.48. The van der Waals surface area contributed by atoms with Crippen LogP contribution in [0.15, 0.2) is 24.8 Å². The maximum Gasteiger partial charge on any atom is 0.248 e. The van der Waals surface area contributed by atoms with Crippen LogP contribution in [0, 0.1) is 5.92 Å². The van der Waals surface area contributed by atoms with Crippen molar-refractivity contribution in [3.63, 3.8) is 0 Å². The van der Waals surface area contributed by atoms with E-state index in [0.717, 1.165) is 48.5 Å². The van der Waals surface area contributed by atoms with Crippen LogP contribution in [0.1, 0.15) is 49.3 Å². The topological polar surface area (TPSA) is 92.0 Å². The van der Waals surface area contributed by atoms with Crippen molar-refractivity contribution in [1.82, 2.24) is 14.8 Å². The zero-order chi connectivity index (χ0) is 23.8. The van der Waals surface area contributed by atoms with E-state index in [1.165, 1.54) is 18.9 Å². The fraction of sp³-hybridized carbons (Fsp3) is 0.577.